The molecule has 6 heteroatoms. The lowest BCUT2D eigenvalue weighted by Gasteiger charge is -2.15. The van der Waals surface area contributed by atoms with Crippen LogP contribution in [0.1, 0.15) is 23.3 Å². The first kappa shape index (κ1) is 32.1. The maximum Gasteiger partial charge on any atom is 0.164 e. The van der Waals surface area contributed by atoms with Crippen LogP contribution < -0.4 is 0 Å². The van der Waals surface area contributed by atoms with Crippen molar-refractivity contribution in [2.75, 3.05) is 0 Å². The molecule has 0 fully saturated rings. The Bertz CT molecular complexity index is 3300. The minimum atomic E-state index is 0.626. The number of hydrogen-bond donors (Lipinski definition) is 0. The molecule has 0 N–H and O–H groups in total. The molecule has 0 unspecified atom stereocenters. The first-order chi connectivity index (χ1) is 28.2. The number of para-hydroxylation sites is 2. The smallest absolute Gasteiger partial charge is 0.164 e. The summed E-state index contributed by atoms with van der Waals surface area (Å²) < 4.78 is 11.6. The van der Waals surface area contributed by atoms with E-state index in [0.29, 0.717) is 17.5 Å². The number of nitrogens with zero attached hydrogens (tertiary/aromatic N) is 4. The molecule has 0 atom stereocenters. The molecule has 1 aliphatic rings. The number of thiophene rings is 1. The molecule has 4 heterocycles. The van der Waals surface area contributed by atoms with Gasteiger partial charge in [0.15, 0.2) is 17.5 Å². The Morgan fingerprint density at radius 2 is 1.18 bits per heavy atom. The van der Waals surface area contributed by atoms with E-state index in [-0.39, 0.29) is 0 Å². The largest absolute Gasteiger partial charge is 0.460 e. The lowest BCUT2D eigenvalue weighted by molar-refractivity contribution is 0.545. The van der Waals surface area contributed by atoms with E-state index in [1.165, 1.54) is 58.8 Å². The molecule has 5 nitrogen and oxygen atoms in total. The summed E-state index contributed by atoms with van der Waals surface area (Å²) in [4.78, 5) is 15.2. The fourth-order valence-electron chi connectivity index (χ4n) is 8.76. The molecule has 0 saturated heterocycles. The molecule has 268 valence electrons. The second kappa shape index (κ2) is 12.7. The standard InChI is InChI=1S/C51H32N4OS/c1-3-13-31(14-4-1)49-52-50(32-15-5-2-6-16-32)54-51(53-49)39-20-12-24-44-48(39)47-35(19-11-23-43(47)56-44)33-25-27-38-40-30-34(26-28-45(40)57-46(38)29-33)55-41-21-9-7-17-36(41)37-18-8-10-22-42(37)55/h1-10,12-22,24-30H,11,23H2. The molecule has 7 aromatic carbocycles. The van der Waals surface area contributed by atoms with Crippen LogP contribution in [-0.4, -0.2) is 19.5 Å². The lowest BCUT2D eigenvalue weighted by Crippen LogP contribution is -2.02. The Morgan fingerprint density at radius 3 is 1.89 bits per heavy atom. The SMILES string of the molecule is C1=C(c2ccc3c(c2)sc2ccc(-n4c5ccccc5c5ccccc54)cc23)c2c(oc3cccc(-c4nc(-c5ccccc5)nc(-c5ccccc5)n4)c23)CC1. The van der Waals surface area contributed by atoms with Gasteiger partial charge in [-0.25, -0.2) is 15.0 Å². The summed E-state index contributed by atoms with van der Waals surface area (Å²) in [6, 6.07) is 57.8. The first-order valence-electron chi connectivity index (χ1n) is 19.3. The summed E-state index contributed by atoms with van der Waals surface area (Å²) >= 11 is 1.85. The summed E-state index contributed by atoms with van der Waals surface area (Å²) in [7, 11) is 0. The van der Waals surface area contributed by atoms with Crippen LogP contribution >= 0.6 is 11.3 Å². The highest BCUT2D eigenvalue weighted by atomic mass is 32.1. The van der Waals surface area contributed by atoms with E-state index in [4.69, 9.17) is 19.4 Å². The Balaban J connectivity index is 1.00. The van der Waals surface area contributed by atoms with Gasteiger partial charge < -0.3 is 8.98 Å². The number of aryl methyl sites for hydroxylation is 1. The van der Waals surface area contributed by atoms with Crippen molar-refractivity contribution in [1.82, 2.24) is 19.5 Å². The van der Waals surface area contributed by atoms with E-state index >= 15 is 0 Å². The van der Waals surface area contributed by atoms with E-state index in [2.05, 4.69) is 108 Å². The Morgan fingerprint density at radius 1 is 0.509 bits per heavy atom. The van der Waals surface area contributed by atoms with Crippen LogP contribution in [0.15, 0.2) is 174 Å². The molecule has 57 heavy (non-hydrogen) atoms. The van der Waals surface area contributed by atoms with E-state index in [0.717, 1.165) is 51.8 Å². The first-order valence-corrected chi connectivity index (χ1v) is 20.1. The maximum absolute atomic E-state index is 6.67. The number of fused-ring (bicyclic) bond motifs is 9. The second-order valence-electron chi connectivity index (χ2n) is 14.6. The van der Waals surface area contributed by atoms with Crippen molar-refractivity contribution >= 4 is 69.9 Å². The molecule has 0 bridgehead atoms. The summed E-state index contributed by atoms with van der Waals surface area (Å²) in [5, 5.41) is 6.12. The number of benzene rings is 7. The average Bonchev–Trinajstić information content (AvgIpc) is 3.96. The van der Waals surface area contributed by atoms with Crippen molar-refractivity contribution in [3.8, 4) is 39.9 Å². The Hall–Kier alpha value is -7.15. The number of hydrogen-bond acceptors (Lipinski definition) is 5. The van der Waals surface area contributed by atoms with Gasteiger partial charge in [0.05, 0.1) is 11.0 Å². The molecule has 4 aromatic heterocycles. The van der Waals surface area contributed by atoms with Crippen LogP contribution in [0.2, 0.25) is 0 Å². The third-order valence-corrected chi connectivity index (χ3v) is 12.5. The second-order valence-corrected chi connectivity index (χ2v) is 15.7. The molecular weight excluding hydrogens is 717 g/mol. The highest BCUT2D eigenvalue weighted by Crippen LogP contribution is 2.45. The lowest BCUT2D eigenvalue weighted by atomic mass is 9.88. The molecule has 0 saturated carbocycles. The molecule has 1 aliphatic carbocycles. The van der Waals surface area contributed by atoms with Gasteiger partial charge in [-0.1, -0.05) is 127 Å². The average molecular weight is 749 g/mol. The Labute approximate surface area is 331 Å². The number of rotatable bonds is 5. The summed E-state index contributed by atoms with van der Waals surface area (Å²) in [6.45, 7) is 0. The van der Waals surface area contributed by atoms with Gasteiger partial charge in [0.2, 0.25) is 0 Å². The quantitative estimate of drug-likeness (QED) is 0.176. The van der Waals surface area contributed by atoms with Crippen LogP contribution in [0.3, 0.4) is 0 Å². The zero-order chi connectivity index (χ0) is 37.5. The van der Waals surface area contributed by atoms with Gasteiger partial charge in [-0.3, -0.25) is 0 Å². The van der Waals surface area contributed by atoms with E-state index in [1.54, 1.807) is 0 Å². The topological polar surface area (TPSA) is 56.7 Å². The van der Waals surface area contributed by atoms with Crippen LogP contribution in [0.5, 0.6) is 0 Å². The van der Waals surface area contributed by atoms with Crippen molar-refractivity contribution in [1.29, 1.82) is 0 Å². The van der Waals surface area contributed by atoms with Gasteiger partial charge in [0.25, 0.3) is 0 Å². The summed E-state index contributed by atoms with van der Waals surface area (Å²) in [5.41, 5.74) is 10.8. The maximum atomic E-state index is 6.67. The van der Waals surface area contributed by atoms with Gasteiger partial charge in [-0.05, 0) is 60.0 Å². The normalized spacial score (nSPS) is 12.9. The summed E-state index contributed by atoms with van der Waals surface area (Å²) in [6.07, 6.45) is 4.12. The predicted octanol–water partition coefficient (Wildman–Crippen LogP) is 13.5. The van der Waals surface area contributed by atoms with Crippen molar-refractivity contribution in [3.63, 3.8) is 0 Å². The van der Waals surface area contributed by atoms with Crippen LogP contribution in [0, 0.1) is 0 Å². The molecule has 0 aliphatic heterocycles. The van der Waals surface area contributed by atoms with Crippen LogP contribution in [0.4, 0.5) is 0 Å². The fraction of sp³-hybridized carbons (Fsp3) is 0.0392. The molecule has 0 radical (unpaired) electrons. The zero-order valence-electron chi connectivity index (χ0n) is 30.7. The summed E-state index contributed by atoms with van der Waals surface area (Å²) in [5.74, 6) is 2.91. The molecule has 0 amide bonds. The van der Waals surface area contributed by atoms with Gasteiger partial charge in [-0.2, -0.15) is 0 Å². The third kappa shape index (κ3) is 5.11. The minimum Gasteiger partial charge on any atom is -0.460 e. The van der Waals surface area contributed by atoms with Gasteiger partial charge in [0.1, 0.15) is 11.3 Å². The number of allylic oxidation sites excluding steroid dienone is 1. The number of furan rings is 1. The van der Waals surface area contributed by atoms with Gasteiger partial charge >= 0.3 is 0 Å². The minimum absolute atomic E-state index is 0.626. The van der Waals surface area contributed by atoms with Crippen molar-refractivity contribution in [2.45, 2.75) is 12.8 Å². The van der Waals surface area contributed by atoms with Crippen molar-refractivity contribution in [3.05, 3.63) is 187 Å². The molecule has 11 aromatic rings. The van der Waals surface area contributed by atoms with E-state index < -0.39 is 0 Å². The fourth-order valence-corrected chi connectivity index (χ4v) is 9.88. The Kier molecular flexibility index (Phi) is 7.16. The zero-order valence-corrected chi connectivity index (χ0v) is 31.5. The van der Waals surface area contributed by atoms with Crippen molar-refractivity contribution < 1.29 is 4.42 Å². The van der Waals surface area contributed by atoms with Gasteiger partial charge in [-0.15, -0.1) is 11.3 Å². The van der Waals surface area contributed by atoms with Gasteiger partial charge in [0, 0.05) is 70.7 Å². The van der Waals surface area contributed by atoms with E-state index in [1.807, 2.05) is 78.1 Å². The number of aromatic nitrogens is 4. The predicted molar refractivity (Wildman–Crippen MR) is 235 cm³/mol. The molecular formula is C51H32N4OS. The van der Waals surface area contributed by atoms with E-state index in [9.17, 15) is 0 Å². The monoisotopic (exact) mass is 748 g/mol. The highest BCUT2D eigenvalue weighted by molar-refractivity contribution is 7.25. The van der Waals surface area contributed by atoms with Crippen LogP contribution in [-0.2, 0) is 6.42 Å². The molecule has 12 rings (SSSR count). The highest BCUT2D eigenvalue weighted by Gasteiger charge is 2.26. The van der Waals surface area contributed by atoms with Crippen LogP contribution in [0.25, 0.3) is 98.4 Å². The third-order valence-electron chi connectivity index (χ3n) is 11.3. The molecule has 0 spiro atoms. The van der Waals surface area contributed by atoms with Crippen molar-refractivity contribution in [2.24, 2.45) is 0 Å².